The highest BCUT2D eigenvalue weighted by molar-refractivity contribution is 5.78. The molecule has 0 aliphatic carbocycles. The van der Waals surface area contributed by atoms with Gasteiger partial charge in [-0.3, -0.25) is 4.79 Å². The van der Waals surface area contributed by atoms with Crippen LogP contribution in [-0.2, 0) is 11.3 Å². The summed E-state index contributed by atoms with van der Waals surface area (Å²) in [5.41, 5.74) is 2.49. The number of halogens is 1. The molecule has 0 aliphatic heterocycles. The van der Waals surface area contributed by atoms with Gasteiger partial charge in [-0.2, -0.15) is 4.57 Å². The summed E-state index contributed by atoms with van der Waals surface area (Å²) in [4.78, 5) is 10.5. The predicted molar refractivity (Wildman–Crippen MR) is 70.4 cm³/mol. The molecule has 19 heavy (non-hydrogen) atoms. The molecule has 0 fully saturated rings. The topological polar surface area (TPSA) is 41.2 Å². The Kier molecular flexibility index (Phi) is 5.96. The molecule has 3 nitrogen and oxygen atoms in total. The Morgan fingerprint density at radius 3 is 2.68 bits per heavy atom. The summed E-state index contributed by atoms with van der Waals surface area (Å²) in [6.45, 7) is 2.98. The minimum Gasteiger partial charge on any atom is -1.00 e. The molecule has 102 valence electrons. The fraction of sp³-hybridized carbons (Fsp3) is 0.333. The number of nitrogens with zero attached hydrogens (tertiary/aromatic N) is 1. The SMILES string of the molecule is Cc1cc[n+](CCCCC(=O)O)c2ccccc12.[Br-]. The lowest BCUT2D eigenvalue weighted by atomic mass is 10.1. The van der Waals surface area contributed by atoms with Crippen molar-refractivity contribution < 1.29 is 31.4 Å². The molecule has 2 aromatic rings. The van der Waals surface area contributed by atoms with Crippen molar-refractivity contribution >= 4 is 16.9 Å². The second kappa shape index (κ2) is 7.24. The molecular weight excluding hydrogens is 306 g/mol. The Morgan fingerprint density at radius 1 is 1.21 bits per heavy atom. The van der Waals surface area contributed by atoms with E-state index in [1.807, 2.05) is 12.1 Å². The molecule has 1 aromatic carbocycles. The van der Waals surface area contributed by atoms with Gasteiger partial charge in [0, 0.05) is 30.4 Å². The van der Waals surface area contributed by atoms with Crippen molar-refractivity contribution in [3.63, 3.8) is 0 Å². The lowest BCUT2D eigenvalue weighted by Crippen LogP contribution is -3.00. The van der Waals surface area contributed by atoms with E-state index in [1.165, 1.54) is 16.5 Å². The second-order valence-electron chi connectivity index (χ2n) is 4.56. The number of aromatic nitrogens is 1. The molecular formula is C15H18BrNO2. The summed E-state index contributed by atoms with van der Waals surface area (Å²) in [5, 5.41) is 9.87. The third-order valence-corrected chi connectivity index (χ3v) is 3.18. The Bertz CT molecular complexity index is 569. The van der Waals surface area contributed by atoms with Crippen LogP contribution in [0, 0.1) is 6.92 Å². The molecule has 1 aromatic heterocycles. The number of aryl methyl sites for hydroxylation is 2. The van der Waals surface area contributed by atoms with Gasteiger partial charge in [0.25, 0.3) is 0 Å². The minimum atomic E-state index is -0.714. The van der Waals surface area contributed by atoms with Crippen LogP contribution in [0.2, 0.25) is 0 Å². The Balaban J connectivity index is 0.00000180. The fourth-order valence-electron chi connectivity index (χ4n) is 2.18. The highest BCUT2D eigenvalue weighted by Crippen LogP contribution is 2.13. The average molecular weight is 324 g/mol. The molecule has 0 radical (unpaired) electrons. The van der Waals surface area contributed by atoms with Crippen LogP contribution in [-0.4, -0.2) is 11.1 Å². The van der Waals surface area contributed by atoms with Gasteiger partial charge in [-0.1, -0.05) is 12.1 Å². The first kappa shape index (κ1) is 15.6. The number of rotatable bonds is 5. The van der Waals surface area contributed by atoms with Gasteiger partial charge in [-0.25, -0.2) is 0 Å². The molecule has 0 unspecified atom stereocenters. The van der Waals surface area contributed by atoms with Crippen LogP contribution in [0.4, 0.5) is 0 Å². The second-order valence-corrected chi connectivity index (χ2v) is 4.56. The zero-order valence-electron chi connectivity index (χ0n) is 11.0. The van der Waals surface area contributed by atoms with Crippen LogP contribution in [0.3, 0.4) is 0 Å². The van der Waals surface area contributed by atoms with E-state index in [-0.39, 0.29) is 23.4 Å². The van der Waals surface area contributed by atoms with Crippen molar-refractivity contribution in [1.29, 1.82) is 0 Å². The van der Waals surface area contributed by atoms with Gasteiger partial charge < -0.3 is 22.1 Å². The fourth-order valence-corrected chi connectivity index (χ4v) is 2.18. The van der Waals surface area contributed by atoms with E-state index in [0.717, 1.165) is 19.4 Å². The summed E-state index contributed by atoms with van der Waals surface area (Å²) in [5.74, 6) is -0.714. The minimum absolute atomic E-state index is 0. The maximum Gasteiger partial charge on any atom is 0.303 e. The van der Waals surface area contributed by atoms with Gasteiger partial charge in [-0.15, -0.1) is 0 Å². The first-order chi connectivity index (χ1) is 8.68. The van der Waals surface area contributed by atoms with E-state index in [0.29, 0.717) is 0 Å². The third-order valence-electron chi connectivity index (χ3n) is 3.18. The van der Waals surface area contributed by atoms with E-state index in [2.05, 4.69) is 35.9 Å². The number of para-hydroxylation sites is 1. The lowest BCUT2D eigenvalue weighted by Gasteiger charge is -2.03. The maximum absolute atomic E-state index is 10.5. The van der Waals surface area contributed by atoms with Crippen LogP contribution >= 0.6 is 0 Å². The summed E-state index contributed by atoms with van der Waals surface area (Å²) in [6, 6.07) is 10.4. The predicted octanol–water partition coefficient (Wildman–Crippen LogP) is -0.305. The van der Waals surface area contributed by atoms with E-state index < -0.39 is 5.97 Å². The molecule has 0 saturated carbocycles. The third kappa shape index (κ3) is 4.03. The van der Waals surface area contributed by atoms with Crippen LogP contribution in [0.5, 0.6) is 0 Å². The number of hydrogen-bond donors (Lipinski definition) is 1. The lowest BCUT2D eigenvalue weighted by molar-refractivity contribution is -0.671. The van der Waals surface area contributed by atoms with Crippen LogP contribution in [0.25, 0.3) is 10.9 Å². The summed E-state index contributed by atoms with van der Waals surface area (Å²) < 4.78 is 2.20. The molecule has 0 saturated heterocycles. The first-order valence-corrected chi connectivity index (χ1v) is 6.28. The molecule has 0 amide bonds. The van der Waals surface area contributed by atoms with Crippen molar-refractivity contribution in [3.05, 3.63) is 42.1 Å². The molecule has 1 heterocycles. The molecule has 0 bridgehead atoms. The molecule has 0 atom stereocenters. The molecule has 1 N–H and O–H groups in total. The highest BCUT2D eigenvalue weighted by atomic mass is 79.9. The van der Waals surface area contributed by atoms with E-state index in [1.54, 1.807) is 0 Å². The molecule has 4 heteroatoms. The van der Waals surface area contributed by atoms with Crippen molar-refractivity contribution in [2.24, 2.45) is 0 Å². The number of benzene rings is 1. The zero-order chi connectivity index (χ0) is 13.0. The number of fused-ring (bicyclic) bond motifs is 1. The Morgan fingerprint density at radius 2 is 1.95 bits per heavy atom. The number of aliphatic carboxylic acids is 1. The zero-order valence-corrected chi connectivity index (χ0v) is 12.6. The van der Waals surface area contributed by atoms with Crippen LogP contribution in [0.1, 0.15) is 24.8 Å². The van der Waals surface area contributed by atoms with E-state index in [9.17, 15) is 4.79 Å². The van der Waals surface area contributed by atoms with E-state index in [4.69, 9.17) is 5.11 Å². The highest BCUT2D eigenvalue weighted by Gasteiger charge is 2.09. The maximum atomic E-state index is 10.5. The number of carbonyl (C=O) groups is 1. The van der Waals surface area contributed by atoms with Crippen molar-refractivity contribution in [2.45, 2.75) is 32.7 Å². The van der Waals surface area contributed by atoms with E-state index >= 15 is 0 Å². The average Bonchev–Trinajstić information content (AvgIpc) is 2.37. The smallest absolute Gasteiger partial charge is 0.303 e. The Hall–Kier alpha value is -1.42. The molecule has 2 rings (SSSR count). The quantitative estimate of drug-likeness (QED) is 0.606. The van der Waals surface area contributed by atoms with Crippen molar-refractivity contribution in [3.8, 4) is 0 Å². The molecule has 0 aliphatic rings. The summed E-state index contributed by atoms with van der Waals surface area (Å²) in [7, 11) is 0. The molecule has 0 spiro atoms. The summed E-state index contributed by atoms with van der Waals surface area (Å²) in [6.07, 6.45) is 3.96. The van der Waals surface area contributed by atoms with Gasteiger partial charge in [0.05, 0.1) is 0 Å². The number of carboxylic acids is 1. The number of carboxylic acid groups (broad SMARTS) is 1. The van der Waals surface area contributed by atoms with Gasteiger partial charge in [-0.05, 0) is 25.0 Å². The number of pyridine rings is 1. The summed E-state index contributed by atoms with van der Waals surface area (Å²) >= 11 is 0. The van der Waals surface area contributed by atoms with Gasteiger partial charge in [0.15, 0.2) is 6.20 Å². The standard InChI is InChI=1S/C15H17NO2.BrH/c1-12-9-11-16(10-5-4-8-15(17)18)14-7-3-2-6-13(12)14;/h2-3,6-7,9,11H,4-5,8,10H2,1H3;1H. The first-order valence-electron chi connectivity index (χ1n) is 6.28. The van der Waals surface area contributed by atoms with Gasteiger partial charge in [0.2, 0.25) is 5.52 Å². The van der Waals surface area contributed by atoms with Crippen LogP contribution in [0.15, 0.2) is 36.5 Å². The van der Waals surface area contributed by atoms with Gasteiger partial charge in [0.1, 0.15) is 6.54 Å². The normalized spacial score (nSPS) is 10.2. The van der Waals surface area contributed by atoms with Crippen LogP contribution < -0.4 is 21.5 Å². The van der Waals surface area contributed by atoms with Crippen molar-refractivity contribution in [2.75, 3.05) is 0 Å². The number of hydrogen-bond acceptors (Lipinski definition) is 1. The van der Waals surface area contributed by atoms with Crippen molar-refractivity contribution in [1.82, 2.24) is 0 Å². The monoisotopic (exact) mass is 323 g/mol. The number of unbranched alkanes of at least 4 members (excludes halogenated alkanes) is 1. The van der Waals surface area contributed by atoms with Gasteiger partial charge >= 0.3 is 5.97 Å². The Labute approximate surface area is 123 Å². The largest absolute Gasteiger partial charge is 1.00 e.